The van der Waals surface area contributed by atoms with E-state index in [0.29, 0.717) is 18.6 Å². The molecular formula is C19H25N7O. The molecule has 0 spiro atoms. The van der Waals surface area contributed by atoms with Gasteiger partial charge >= 0.3 is 0 Å². The molecule has 0 saturated carbocycles. The summed E-state index contributed by atoms with van der Waals surface area (Å²) < 4.78 is 3.93. The molecule has 0 bridgehead atoms. The van der Waals surface area contributed by atoms with E-state index in [1.54, 1.807) is 6.20 Å². The summed E-state index contributed by atoms with van der Waals surface area (Å²) in [6.07, 6.45) is 8.48. The first-order valence-corrected chi connectivity index (χ1v) is 9.58. The Hall–Kier alpha value is -2.74. The topological polar surface area (TPSA) is 89.1 Å². The largest absolute Gasteiger partial charge is 0.348 e. The van der Waals surface area contributed by atoms with E-state index in [4.69, 9.17) is 0 Å². The van der Waals surface area contributed by atoms with Gasteiger partial charge in [-0.25, -0.2) is 9.97 Å². The highest BCUT2D eigenvalue weighted by molar-refractivity contribution is 5.76. The molecule has 8 heteroatoms. The van der Waals surface area contributed by atoms with Crippen LogP contribution in [-0.4, -0.2) is 36.6 Å². The summed E-state index contributed by atoms with van der Waals surface area (Å²) in [4.78, 5) is 21.2. The molecule has 0 fully saturated rings. The summed E-state index contributed by atoms with van der Waals surface area (Å²) in [5.74, 6) is 0.668. The third-order valence-corrected chi connectivity index (χ3v) is 4.91. The highest BCUT2D eigenvalue weighted by Crippen LogP contribution is 2.16. The Kier molecular flexibility index (Phi) is 5.15. The highest BCUT2D eigenvalue weighted by Gasteiger charge is 2.17. The van der Waals surface area contributed by atoms with E-state index in [2.05, 4.69) is 36.4 Å². The smallest absolute Gasteiger partial charge is 0.233 e. The van der Waals surface area contributed by atoms with Crippen LogP contribution in [0.25, 0.3) is 5.78 Å². The van der Waals surface area contributed by atoms with Crippen molar-refractivity contribution < 1.29 is 4.79 Å². The van der Waals surface area contributed by atoms with Crippen LogP contribution in [0.3, 0.4) is 0 Å². The molecule has 0 saturated heterocycles. The second-order valence-electron chi connectivity index (χ2n) is 6.90. The van der Waals surface area contributed by atoms with Gasteiger partial charge in [-0.15, -0.1) is 0 Å². The second kappa shape index (κ2) is 7.87. The maximum absolute atomic E-state index is 12.5. The van der Waals surface area contributed by atoms with Gasteiger partial charge < -0.3 is 10.6 Å². The van der Waals surface area contributed by atoms with Crippen molar-refractivity contribution in [2.24, 2.45) is 0 Å². The van der Waals surface area contributed by atoms with Crippen molar-refractivity contribution in [2.75, 3.05) is 6.54 Å². The van der Waals surface area contributed by atoms with Gasteiger partial charge in [0.05, 0.1) is 23.1 Å². The molecule has 8 nitrogen and oxygen atoms in total. The van der Waals surface area contributed by atoms with Gasteiger partial charge in [0, 0.05) is 44.5 Å². The Morgan fingerprint density at radius 2 is 2.37 bits per heavy atom. The molecule has 0 aliphatic carbocycles. The van der Waals surface area contributed by atoms with E-state index in [-0.39, 0.29) is 11.9 Å². The highest BCUT2D eigenvalue weighted by atomic mass is 16.1. The zero-order valence-corrected chi connectivity index (χ0v) is 15.6. The van der Waals surface area contributed by atoms with E-state index in [1.807, 2.05) is 29.8 Å². The van der Waals surface area contributed by atoms with Gasteiger partial charge in [-0.2, -0.15) is 5.10 Å². The molecule has 142 valence electrons. The zero-order chi connectivity index (χ0) is 18.6. The number of aryl methyl sites for hydroxylation is 2. The van der Waals surface area contributed by atoms with E-state index < -0.39 is 0 Å². The number of nitrogens with one attached hydrogen (secondary N) is 2. The lowest BCUT2D eigenvalue weighted by Gasteiger charge is -2.14. The van der Waals surface area contributed by atoms with E-state index in [0.717, 1.165) is 43.9 Å². The van der Waals surface area contributed by atoms with Crippen molar-refractivity contribution in [3.8, 4) is 0 Å². The summed E-state index contributed by atoms with van der Waals surface area (Å²) in [6.45, 7) is 4.85. The van der Waals surface area contributed by atoms with Crippen molar-refractivity contribution in [3.05, 3.63) is 47.8 Å². The Morgan fingerprint density at radius 3 is 3.22 bits per heavy atom. The van der Waals surface area contributed by atoms with Crippen molar-refractivity contribution in [3.63, 3.8) is 0 Å². The summed E-state index contributed by atoms with van der Waals surface area (Å²) >= 11 is 0. The minimum absolute atomic E-state index is 0.0215. The second-order valence-corrected chi connectivity index (χ2v) is 6.90. The first kappa shape index (κ1) is 17.7. The minimum Gasteiger partial charge on any atom is -0.348 e. The number of hydrogen-bond donors (Lipinski definition) is 2. The monoisotopic (exact) mass is 367 g/mol. The van der Waals surface area contributed by atoms with Gasteiger partial charge in [-0.05, 0) is 31.5 Å². The van der Waals surface area contributed by atoms with Gasteiger partial charge in [-0.3, -0.25) is 13.9 Å². The van der Waals surface area contributed by atoms with E-state index in [1.165, 1.54) is 5.69 Å². The van der Waals surface area contributed by atoms with Crippen LogP contribution in [-0.2, 0) is 24.3 Å². The lowest BCUT2D eigenvalue weighted by atomic mass is 10.1. The molecule has 3 aromatic rings. The molecule has 4 rings (SSSR count). The summed E-state index contributed by atoms with van der Waals surface area (Å²) in [5.41, 5.74) is 3.02. The first-order valence-electron chi connectivity index (χ1n) is 9.58. The normalized spacial score (nSPS) is 15.3. The Bertz CT molecular complexity index is 873. The standard InChI is InChI=1S/C19H25N7O/c1-2-16(17-13-25-9-4-8-21-19(25)23-17)22-18(27)6-5-14-11-15-12-20-7-3-10-26(15)24-14/h4,8-9,11,13,16,20H,2-3,5-7,10,12H2,1H3,(H,22,27)/t16-/m0/s1. The third kappa shape index (κ3) is 4.00. The zero-order valence-electron chi connectivity index (χ0n) is 15.6. The average molecular weight is 367 g/mol. The number of hydrogen-bond acceptors (Lipinski definition) is 5. The predicted molar refractivity (Wildman–Crippen MR) is 101 cm³/mol. The van der Waals surface area contributed by atoms with Crippen LogP contribution in [0, 0.1) is 0 Å². The number of rotatable bonds is 6. The SMILES string of the molecule is CC[C@H](NC(=O)CCc1cc2n(n1)CCCNC2)c1cn2cccnc2n1. The van der Waals surface area contributed by atoms with Gasteiger partial charge in [0.2, 0.25) is 11.7 Å². The summed E-state index contributed by atoms with van der Waals surface area (Å²) in [6, 6.07) is 3.86. The van der Waals surface area contributed by atoms with Crippen molar-refractivity contribution in [1.29, 1.82) is 0 Å². The summed E-state index contributed by atoms with van der Waals surface area (Å²) in [7, 11) is 0. The van der Waals surface area contributed by atoms with Crippen LogP contribution in [0.2, 0.25) is 0 Å². The van der Waals surface area contributed by atoms with E-state index in [9.17, 15) is 4.79 Å². The fourth-order valence-corrected chi connectivity index (χ4v) is 3.45. The van der Waals surface area contributed by atoms with Gasteiger partial charge in [0.15, 0.2) is 0 Å². The number of aromatic nitrogens is 5. The van der Waals surface area contributed by atoms with Crippen LogP contribution in [0.4, 0.5) is 0 Å². The quantitative estimate of drug-likeness (QED) is 0.691. The maximum Gasteiger partial charge on any atom is 0.233 e. The molecule has 1 atom stereocenters. The third-order valence-electron chi connectivity index (χ3n) is 4.91. The molecule has 4 heterocycles. The van der Waals surface area contributed by atoms with Crippen molar-refractivity contribution in [2.45, 2.75) is 51.7 Å². The van der Waals surface area contributed by atoms with Crippen molar-refractivity contribution in [1.82, 2.24) is 34.8 Å². The molecule has 1 aliphatic heterocycles. The number of fused-ring (bicyclic) bond motifs is 2. The fourth-order valence-electron chi connectivity index (χ4n) is 3.45. The van der Waals surface area contributed by atoms with Crippen LogP contribution in [0.15, 0.2) is 30.7 Å². The number of nitrogens with zero attached hydrogens (tertiary/aromatic N) is 5. The Balaban J connectivity index is 1.36. The minimum atomic E-state index is -0.109. The van der Waals surface area contributed by atoms with Gasteiger partial charge in [0.1, 0.15) is 0 Å². The van der Waals surface area contributed by atoms with Crippen LogP contribution in [0.5, 0.6) is 0 Å². The van der Waals surface area contributed by atoms with Crippen LogP contribution in [0.1, 0.15) is 49.3 Å². The molecule has 0 aromatic carbocycles. The molecule has 1 aliphatic rings. The van der Waals surface area contributed by atoms with Crippen LogP contribution < -0.4 is 10.6 Å². The average Bonchev–Trinajstić information content (AvgIpc) is 3.22. The van der Waals surface area contributed by atoms with Crippen LogP contribution >= 0.6 is 0 Å². The number of carbonyl (C=O) groups excluding carboxylic acids is 1. The predicted octanol–water partition coefficient (Wildman–Crippen LogP) is 1.62. The van der Waals surface area contributed by atoms with E-state index >= 15 is 0 Å². The van der Waals surface area contributed by atoms with Crippen molar-refractivity contribution >= 4 is 11.7 Å². The molecule has 2 N–H and O–H groups in total. The number of amides is 1. The molecular weight excluding hydrogens is 342 g/mol. The molecule has 0 radical (unpaired) electrons. The van der Waals surface area contributed by atoms with Gasteiger partial charge in [0.25, 0.3) is 0 Å². The van der Waals surface area contributed by atoms with Gasteiger partial charge in [-0.1, -0.05) is 6.92 Å². The Labute approximate surface area is 158 Å². The lowest BCUT2D eigenvalue weighted by Crippen LogP contribution is -2.28. The molecule has 0 unspecified atom stereocenters. The first-order chi connectivity index (χ1) is 13.2. The number of imidazole rings is 1. The summed E-state index contributed by atoms with van der Waals surface area (Å²) in [5, 5.41) is 11.1. The molecule has 3 aromatic heterocycles. The maximum atomic E-state index is 12.5. The number of carbonyl (C=O) groups is 1. The molecule has 1 amide bonds. The Morgan fingerprint density at radius 1 is 1.44 bits per heavy atom. The fraction of sp³-hybridized carbons (Fsp3) is 0.474. The lowest BCUT2D eigenvalue weighted by molar-refractivity contribution is -0.121. The molecule has 27 heavy (non-hydrogen) atoms.